The minimum Gasteiger partial charge on any atom is -0.423 e. The molecule has 4 rings (SSSR count). The van der Waals surface area contributed by atoms with E-state index in [1.165, 1.54) is 56.9 Å². The first kappa shape index (κ1) is 25.9. The second-order valence-electron chi connectivity index (χ2n) is 11.6. The zero-order valence-electron chi connectivity index (χ0n) is 22.0. The first-order chi connectivity index (χ1) is 16.9. The van der Waals surface area contributed by atoms with Gasteiger partial charge in [0, 0.05) is 0 Å². The molecule has 190 valence electrons. The van der Waals surface area contributed by atoms with Crippen LogP contribution >= 0.6 is 0 Å². The van der Waals surface area contributed by atoms with Gasteiger partial charge in [-0.25, -0.2) is 4.79 Å². The number of fused-ring (bicyclic) bond motifs is 1. The van der Waals surface area contributed by atoms with E-state index in [2.05, 4.69) is 39.0 Å². The van der Waals surface area contributed by atoms with Gasteiger partial charge in [0.25, 0.3) is 0 Å². The lowest BCUT2D eigenvalue weighted by Crippen LogP contribution is -2.36. The highest BCUT2D eigenvalue weighted by atomic mass is 16.5. The molecule has 0 heterocycles. The molecule has 2 saturated carbocycles. The highest BCUT2D eigenvalue weighted by Gasteiger charge is 2.40. The summed E-state index contributed by atoms with van der Waals surface area (Å²) in [5.74, 6) is 1.77. The smallest absolute Gasteiger partial charge is 0.343 e. The number of benzene rings is 2. The summed E-state index contributed by atoms with van der Waals surface area (Å²) in [6.07, 6.45) is 12.5. The monoisotopic (exact) mass is 476 g/mol. The van der Waals surface area contributed by atoms with Crippen molar-refractivity contribution < 1.29 is 14.6 Å². The van der Waals surface area contributed by atoms with Crippen LogP contribution in [0.3, 0.4) is 0 Å². The summed E-state index contributed by atoms with van der Waals surface area (Å²) in [5.41, 5.74) is 2.92. The maximum Gasteiger partial charge on any atom is 0.343 e. The van der Waals surface area contributed by atoms with Crippen molar-refractivity contribution in [2.45, 2.75) is 109 Å². The Morgan fingerprint density at radius 1 is 1.00 bits per heavy atom. The van der Waals surface area contributed by atoms with Gasteiger partial charge in [-0.1, -0.05) is 96.0 Å². The fourth-order valence-corrected chi connectivity index (χ4v) is 6.55. The van der Waals surface area contributed by atoms with Crippen molar-refractivity contribution in [3.05, 3.63) is 65.2 Å². The Morgan fingerprint density at radius 2 is 1.77 bits per heavy atom. The third kappa shape index (κ3) is 6.36. The molecule has 3 nitrogen and oxygen atoms in total. The molecule has 1 N–H and O–H groups in total. The molecule has 0 saturated heterocycles. The summed E-state index contributed by atoms with van der Waals surface area (Å²) >= 11 is 0. The van der Waals surface area contributed by atoms with Crippen molar-refractivity contribution >= 4 is 5.97 Å². The zero-order valence-corrected chi connectivity index (χ0v) is 22.0. The maximum atomic E-state index is 13.1. The Hall–Kier alpha value is -2.13. The lowest BCUT2D eigenvalue weighted by Gasteiger charge is -2.44. The minimum absolute atomic E-state index is 0.0135. The van der Waals surface area contributed by atoms with Gasteiger partial charge in [0.1, 0.15) is 5.75 Å². The van der Waals surface area contributed by atoms with Crippen molar-refractivity contribution in [3.8, 4) is 5.75 Å². The molecule has 0 bridgehead atoms. The Bertz CT molecular complexity index is 964. The summed E-state index contributed by atoms with van der Waals surface area (Å²) in [4.78, 5) is 13.1. The second kappa shape index (κ2) is 11.7. The first-order valence-electron chi connectivity index (χ1n) is 14.0. The number of unbranched alkanes of at least 4 members (excludes halogenated alkanes) is 3. The van der Waals surface area contributed by atoms with E-state index in [-0.39, 0.29) is 23.4 Å². The fraction of sp³-hybridized carbons (Fsp3) is 0.594. The van der Waals surface area contributed by atoms with E-state index < -0.39 is 0 Å². The van der Waals surface area contributed by atoms with E-state index in [0.29, 0.717) is 23.1 Å². The van der Waals surface area contributed by atoms with Crippen LogP contribution in [0.25, 0.3) is 0 Å². The van der Waals surface area contributed by atoms with Crippen LogP contribution in [0.1, 0.15) is 119 Å². The Labute approximate surface area is 212 Å². The van der Waals surface area contributed by atoms with Crippen molar-refractivity contribution in [1.82, 2.24) is 0 Å². The van der Waals surface area contributed by atoms with E-state index in [0.717, 1.165) is 24.8 Å². The van der Waals surface area contributed by atoms with Gasteiger partial charge < -0.3 is 9.84 Å². The van der Waals surface area contributed by atoms with Crippen LogP contribution in [-0.4, -0.2) is 17.2 Å². The van der Waals surface area contributed by atoms with Gasteiger partial charge in [-0.15, -0.1) is 0 Å². The van der Waals surface area contributed by atoms with Gasteiger partial charge in [-0.3, -0.25) is 0 Å². The standard InChI is InChI=1S/C32H44O3/c1-4-5-6-12-19-32(2,3)25-17-18-28(29-22-26(33)20-24-15-10-11-16-27(24)29)30(21-25)35-31(34)23-13-8-7-9-14-23/h7-9,13-14,17-18,21,24,26-27,29,33H,4-6,10-12,15-16,19-20,22H2,1-3H3. The maximum absolute atomic E-state index is 13.1. The normalized spacial score (nSPS) is 24.6. The summed E-state index contributed by atoms with van der Waals surface area (Å²) in [7, 11) is 0. The number of hydrogen-bond donors (Lipinski definition) is 1. The number of carbonyl (C=O) groups excluding carboxylic acids is 1. The number of carbonyl (C=O) groups is 1. The number of rotatable bonds is 9. The Morgan fingerprint density at radius 3 is 2.54 bits per heavy atom. The van der Waals surface area contributed by atoms with Crippen LogP contribution in [-0.2, 0) is 5.41 Å². The van der Waals surface area contributed by atoms with Crippen molar-refractivity contribution in [2.75, 3.05) is 0 Å². The second-order valence-corrected chi connectivity index (χ2v) is 11.6. The number of aliphatic hydroxyl groups excluding tert-OH is 1. The molecule has 2 aromatic carbocycles. The van der Waals surface area contributed by atoms with E-state index in [1.807, 2.05) is 30.3 Å². The number of esters is 1. The molecule has 2 aliphatic carbocycles. The largest absolute Gasteiger partial charge is 0.423 e. The van der Waals surface area contributed by atoms with Crippen LogP contribution < -0.4 is 4.74 Å². The third-order valence-corrected chi connectivity index (χ3v) is 8.65. The van der Waals surface area contributed by atoms with Crippen LogP contribution in [0.15, 0.2) is 48.5 Å². The highest BCUT2D eigenvalue weighted by molar-refractivity contribution is 5.91. The van der Waals surface area contributed by atoms with Gasteiger partial charge in [0.2, 0.25) is 0 Å². The SMILES string of the molecule is CCCCCCC(C)(C)c1ccc(C2CC(O)CC3CCCCC32)c(OC(=O)c2ccccc2)c1. The van der Waals surface area contributed by atoms with Crippen molar-refractivity contribution in [1.29, 1.82) is 0 Å². The van der Waals surface area contributed by atoms with Gasteiger partial charge in [-0.05, 0) is 78.2 Å². The Balaban J connectivity index is 1.66. The van der Waals surface area contributed by atoms with E-state index in [4.69, 9.17) is 4.74 Å². The molecule has 0 radical (unpaired) electrons. The highest BCUT2D eigenvalue weighted by Crippen LogP contribution is 2.50. The molecule has 2 aliphatic rings. The van der Waals surface area contributed by atoms with E-state index in [9.17, 15) is 9.90 Å². The number of hydrogen-bond acceptors (Lipinski definition) is 3. The van der Waals surface area contributed by atoms with Crippen molar-refractivity contribution in [3.63, 3.8) is 0 Å². The van der Waals surface area contributed by atoms with Crippen LogP contribution in [0.5, 0.6) is 5.75 Å². The fourth-order valence-electron chi connectivity index (χ4n) is 6.55. The topological polar surface area (TPSA) is 46.5 Å². The van der Waals surface area contributed by atoms with E-state index >= 15 is 0 Å². The minimum atomic E-state index is -0.304. The van der Waals surface area contributed by atoms with Crippen LogP contribution in [0, 0.1) is 11.8 Å². The average Bonchev–Trinajstić information content (AvgIpc) is 2.86. The summed E-state index contributed by atoms with van der Waals surface area (Å²) < 4.78 is 6.16. The number of ether oxygens (including phenoxy) is 1. The first-order valence-corrected chi connectivity index (χ1v) is 14.0. The van der Waals surface area contributed by atoms with Gasteiger partial charge in [-0.2, -0.15) is 0 Å². The molecule has 0 aliphatic heterocycles. The predicted octanol–water partition coefficient (Wildman–Crippen LogP) is 8.20. The molecule has 0 amide bonds. The van der Waals surface area contributed by atoms with Gasteiger partial charge in [0.05, 0.1) is 11.7 Å². The predicted molar refractivity (Wildman–Crippen MR) is 143 cm³/mol. The molecular formula is C32H44O3. The van der Waals surface area contributed by atoms with E-state index in [1.54, 1.807) is 0 Å². The third-order valence-electron chi connectivity index (χ3n) is 8.65. The molecule has 4 atom stereocenters. The average molecular weight is 477 g/mol. The molecule has 0 aromatic heterocycles. The molecular weight excluding hydrogens is 432 g/mol. The van der Waals surface area contributed by atoms with Crippen molar-refractivity contribution in [2.24, 2.45) is 11.8 Å². The molecule has 35 heavy (non-hydrogen) atoms. The molecule has 2 fully saturated rings. The lowest BCUT2D eigenvalue weighted by molar-refractivity contribution is 0.0320. The quantitative estimate of drug-likeness (QED) is 0.225. The summed E-state index contributed by atoms with van der Waals surface area (Å²) in [6, 6.07) is 15.9. The lowest BCUT2D eigenvalue weighted by atomic mass is 9.62. The number of aliphatic hydroxyl groups is 1. The molecule has 4 unspecified atom stereocenters. The summed E-state index contributed by atoms with van der Waals surface area (Å²) in [5, 5.41) is 10.7. The van der Waals surface area contributed by atoms with Crippen LogP contribution in [0.2, 0.25) is 0 Å². The Kier molecular flexibility index (Phi) is 8.70. The molecule has 2 aromatic rings. The van der Waals surface area contributed by atoms with Gasteiger partial charge >= 0.3 is 5.97 Å². The van der Waals surface area contributed by atoms with Gasteiger partial charge in [0.15, 0.2) is 0 Å². The zero-order chi connectivity index (χ0) is 24.8. The molecule has 3 heteroatoms. The summed E-state index contributed by atoms with van der Waals surface area (Å²) in [6.45, 7) is 6.85. The molecule has 0 spiro atoms. The van der Waals surface area contributed by atoms with Crippen LogP contribution in [0.4, 0.5) is 0 Å².